The van der Waals surface area contributed by atoms with Gasteiger partial charge in [0.05, 0.1) is 31.6 Å². The zero-order chi connectivity index (χ0) is 14.8. The number of ether oxygens (including phenoxy) is 2. The first-order chi connectivity index (χ1) is 10.2. The Bertz CT molecular complexity index is 659. The monoisotopic (exact) mass is 305 g/mol. The van der Waals surface area contributed by atoms with Crippen LogP contribution in [0.2, 0.25) is 5.02 Å². The maximum atomic E-state index is 6.01. The SMILES string of the molecule is CNc1nc(-c2ccc(Cl)cc2OC)nc2c1COCC2. The van der Waals surface area contributed by atoms with E-state index < -0.39 is 0 Å². The lowest BCUT2D eigenvalue weighted by molar-refractivity contribution is 0.109. The van der Waals surface area contributed by atoms with Crippen LogP contribution >= 0.6 is 11.6 Å². The van der Waals surface area contributed by atoms with Crippen molar-refractivity contribution in [3.05, 3.63) is 34.5 Å². The lowest BCUT2D eigenvalue weighted by atomic mass is 10.1. The summed E-state index contributed by atoms with van der Waals surface area (Å²) in [4.78, 5) is 9.26. The van der Waals surface area contributed by atoms with Crippen molar-refractivity contribution in [1.82, 2.24) is 9.97 Å². The van der Waals surface area contributed by atoms with Crippen molar-refractivity contribution in [3.63, 3.8) is 0 Å². The summed E-state index contributed by atoms with van der Waals surface area (Å²) in [7, 11) is 3.46. The molecular weight excluding hydrogens is 290 g/mol. The highest BCUT2D eigenvalue weighted by Crippen LogP contribution is 2.33. The molecule has 6 heteroatoms. The number of methoxy groups -OCH3 is 1. The molecule has 0 bridgehead atoms. The third-order valence-corrected chi connectivity index (χ3v) is 3.70. The first-order valence-electron chi connectivity index (χ1n) is 6.72. The van der Waals surface area contributed by atoms with Gasteiger partial charge in [-0.15, -0.1) is 0 Å². The van der Waals surface area contributed by atoms with Crippen LogP contribution in [0.4, 0.5) is 5.82 Å². The number of nitrogens with one attached hydrogen (secondary N) is 1. The number of benzene rings is 1. The number of halogens is 1. The molecular formula is C15H16ClN3O2. The van der Waals surface area contributed by atoms with E-state index in [4.69, 9.17) is 21.1 Å². The Balaban J connectivity index is 2.15. The molecule has 0 saturated heterocycles. The summed E-state index contributed by atoms with van der Waals surface area (Å²) in [5.74, 6) is 2.09. The maximum absolute atomic E-state index is 6.01. The van der Waals surface area contributed by atoms with E-state index in [9.17, 15) is 0 Å². The minimum Gasteiger partial charge on any atom is -0.496 e. The zero-order valence-corrected chi connectivity index (χ0v) is 12.7. The fraction of sp³-hybridized carbons (Fsp3) is 0.333. The topological polar surface area (TPSA) is 56.3 Å². The molecule has 0 unspecified atom stereocenters. The highest BCUT2D eigenvalue weighted by atomic mass is 35.5. The molecule has 1 aromatic carbocycles. The third-order valence-electron chi connectivity index (χ3n) is 3.46. The Labute approximate surface area is 128 Å². The lowest BCUT2D eigenvalue weighted by Gasteiger charge is -2.19. The van der Waals surface area contributed by atoms with Gasteiger partial charge in [0.2, 0.25) is 0 Å². The first kappa shape index (κ1) is 14.1. The van der Waals surface area contributed by atoms with Crippen molar-refractivity contribution < 1.29 is 9.47 Å². The van der Waals surface area contributed by atoms with Gasteiger partial charge in [-0.05, 0) is 18.2 Å². The molecule has 0 aliphatic carbocycles. The largest absolute Gasteiger partial charge is 0.496 e. The van der Waals surface area contributed by atoms with Gasteiger partial charge in [-0.1, -0.05) is 11.6 Å². The van der Waals surface area contributed by atoms with Gasteiger partial charge in [-0.2, -0.15) is 0 Å². The number of rotatable bonds is 3. The molecule has 0 fully saturated rings. The minimum atomic E-state index is 0.545. The van der Waals surface area contributed by atoms with Crippen LogP contribution in [0.15, 0.2) is 18.2 Å². The van der Waals surface area contributed by atoms with Crippen molar-refractivity contribution in [2.24, 2.45) is 0 Å². The van der Waals surface area contributed by atoms with Gasteiger partial charge >= 0.3 is 0 Å². The molecule has 2 aromatic rings. The van der Waals surface area contributed by atoms with E-state index in [2.05, 4.69) is 15.3 Å². The van der Waals surface area contributed by atoms with E-state index >= 15 is 0 Å². The number of nitrogens with zero attached hydrogens (tertiary/aromatic N) is 2. The van der Waals surface area contributed by atoms with Crippen molar-refractivity contribution >= 4 is 17.4 Å². The summed E-state index contributed by atoms with van der Waals surface area (Å²) in [6, 6.07) is 5.45. The average Bonchev–Trinajstić information content (AvgIpc) is 2.53. The van der Waals surface area contributed by atoms with Crippen LogP contribution in [0, 0.1) is 0 Å². The molecule has 1 aliphatic rings. The average molecular weight is 306 g/mol. The predicted octanol–water partition coefficient (Wildman–Crippen LogP) is 2.92. The summed E-state index contributed by atoms with van der Waals surface area (Å²) in [6.07, 6.45) is 0.787. The van der Waals surface area contributed by atoms with Gasteiger partial charge in [-0.3, -0.25) is 0 Å². The Kier molecular flexibility index (Phi) is 3.94. The summed E-state index contributed by atoms with van der Waals surface area (Å²) in [5, 5.41) is 3.74. The highest BCUT2D eigenvalue weighted by Gasteiger charge is 2.19. The fourth-order valence-corrected chi connectivity index (χ4v) is 2.57. The van der Waals surface area contributed by atoms with Gasteiger partial charge in [0, 0.05) is 24.1 Å². The smallest absolute Gasteiger partial charge is 0.165 e. The molecule has 21 heavy (non-hydrogen) atoms. The maximum Gasteiger partial charge on any atom is 0.165 e. The second-order valence-corrected chi connectivity index (χ2v) is 5.15. The number of fused-ring (bicyclic) bond motifs is 1. The van der Waals surface area contributed by atoms with Gasteiger partial charge < -0.3 is 14.8 Å². The zero-order valence-electron chi connectivity index (χ0n) is 11.9. The van der Waals surface area contributed by atoms with Crippen molar-refractivity contribution in [1.29, 1.82) is 0 Å². The molecule has 1 N–H and O–H groups in total. The van der Waals surface area contributed by atoms with Gasteiger partial charge in [0.15, 0.2) is 5.82 Å². The Morgan fingerprint density at radius 1 is 1.33 bits per heavy atom. The molecule has 110 valence electrons. The quantitative estimate of drug-likeness (QED) is 0.945. The van der Waals surface area contributed by atoms with Crippen LogP contribution in [0.5, 0.6) is 5.75 Å². The molecule has 0 saturated carbocycles. The second-order valence-electron chi connectivity index (χ2n) is 4.72. The van der Waals surface area contributed by atoms with E-state index in [0.29, 0.717) is 29.8 Å². The lowest BCUT2D eigenvalue weighted by Crippen LogP contribution is -2.16. The van der Waals surface area contributed by atoms with Crippen LogP contribution in [-0.2, 0) is 17.8 Å². The summed E-state index contributed by atoms with van der Waals surface area (Å²) in [5.41, 5.74) is 2.88. The summed E-state index contributed by atoms with van der Waals surface area (Å²) >= 11 is 6.01. The Morgan fingerprint density at radius 2 is 2.19 bits per heavy atom. The van der Waals surface area contributed by atoms with E-state index in [1.54, 1.807) is 13.2 Å². The van der Waals surface area contributed by atoms with Crippen LogP contribution in [-0.4, -0.2) is 30.7 Å². The highest BCUT2D eigenvalue weighted by molar-refractivity contribution is 6.30. The molecule has 2 heterocycles. The molecule has 0 amide bonds. The molecule has 0 radical (unpaired) electrons. The molecule has 0 atom stereocenters. The summed E-state index contributed by atoms with van der Waals surface area (Å²) < 4.78 is 10.9. The van der Waals surface area contributed by atoms with Crippen LogP contribution in [0.3, 0.4) is 0 Å². The number of aromatic nitrogens is 2. The predicted molar refractivity (Wildman–Crippen MR) is 81.9 cm³/mol. The van der Waals surface area contributed by atoms with Gasteiger partial charge in [0.25, 0.3) is 0 Å². The molecule has 5 nitrogen and oxygen atoms in total. The molecule has 1 aliphatic heterocycles. The van der Waals surface area contributed by atoms with E-state index in [1.165, 1.54) is 0 Å². The first-order valence-corrected chi connectivity index (χ1v) is 7.10. The second kappa shape index (κ2) is 5.87. The van der Waals surface area contributed by atoms with Crippen molar-refractivity contribution in [2.75, 3.05) is 26.1 Å². The van der Waals surface area contributed by atoms with Crippen molar-refractivity contribution in [3.8, 4) is 17.1 Å². The van der Waals surface area contributed by atoms with Gasteiger partial charge in [-0.25, -0.2) is 9.97 Å². The fourth-order valence-electron chi connectivity index (χ4n) is 2.41. The molecule has 1 aromatic heterocycles. The van der Waals surface area contributed by atoms with E-state index in [-0.39, 0.29) is 0 Å². The van der Waals surface area contributed by atoms with Crippen LogP contribution in [0.25, 0.3) is 11.4 Å². The normalized spacial score (nSPS) is 13.7. The van der Waals surface area contributed by atoms with Crippen LogP contribution in [0.1, 0.15) is 11.3 Å². The third kappa shape index (κ3) is 2.66. The van der Waals surface area contributed by atoms with Crippen molar-refractivity contribution in [2.45, 2.75) is 13.0 Å². The summed E-state index contributed by atoms with van der Waals surface area (Å²) in [6.45, 7) is 1.23. The van der Waals surface area contributed by atoms with E-state index in [0.717, 1.165) is 29.1 Å². The van der Waals surface area contributed by atoms with E-state index in [1.807, 2.05) is 19.2 Å². The standard InChI is InChI=1S/C15H16ClN3O2/c1-17-14-11-8-21-6-5-12(11)18-15(19-14)10-4-3-9(16)7-13(10)20-2/h3-4,7H,5-6,8H2,1-2H3,(H,17,18,19). The van der Waals surface area contributed by atoms with Gasteiger partial charge in [0.1, 0.15) is 11.6 Å². The molecule has 0 spiro atoms. The number of anilines is 1. The molecule has 3 rings (SSSR count). The Morgan fingerprint density at radius 3 is 2.95 bits per heavy atom. The Hall–Kier alpha value is -1.85. The number of hydrogen-bond acceptors (Lipinski definition) is 5. The minimum absolute atomic E-state index is 0.545. The number of hydrogen-bond donors (Lipinski definition) is 1. The van der Waals surface area contributed by atoms with Crippen LogP contribution < -0.4 is 10.1 Å².